The Balaban J connectivity index is 3.10. The average molecular weight is 186 g/mol. The number of nitrogens with two attached hydrogens (primary N) is 1. The predicted octanol–water partition coefficient (Wildman–Crippen LogP) is -0.472. The first-order chi connectivity index (χ1) is 5.59. The third-order valence-electron chi connectivity index (χ3n) is 1.05. The van der Waals surface area contributed by atoms with Gasteiger partial charge in [-0.25, -0.2) is 19.7 Å². The van der Waals surface area contributed by atoms with Gasteiger partial charge in [0.1, 0.15) is 4.64 Å². The maximum atomic E-state index is 10.9. The molecule has 0 saturated heterocycles. The molecule has 0 spiro atoms. The van der Waals surface area contributed by atoms with Crippen molar-refractivity contribution in [2.45, 2.75) is 0 Å². The minimum atomic E-state index is -0.817. The van der Waals surface area contributed by atoms with Crippen LogP contribution in [0.2, 0.25) is 0 Å². The molecule has 0 bridgehead atoms. The monoisotopic (exact) mass is 186 g/mol. The Morgan fingerprint density at radius 2 is 2.42 bits per heavy atom. The fourth-order valence-corrected chi connectivity index (χ4v) is 0.772. The molecule has 1 aromatic heterocycles. The molecule has 4 N–H and O–H groups in total. The van der Waals surface area contributed by atoms with Crippen LogP contribution in [0.15, 0.2) is 17.1 Å². The van der Waals surface area contributed by atoms with E-state index in [1.807, 2.05) is 0 Å². The van der Waals surface area contributed by atoms with E-state index >= 15 is 0 Å². The highest BCUT2D eigenvalue weighted by Gasteiger charge is 1.95. The Morgan fingerprint density at radius 3 is 2.92 bits per heavy atom. The van der Waals surface area contributed by atoms with E-state index < -0.39 is 11.7 Å². The minimum absolute atomic E-state index is 0.294. The Kier molecular flexibility index (Phi) is 2.24. The molecule has 1 rings (SSSR count). The van der Waals surface area contributed by atoms with Crippen molar-refractivity contribution in [1.29, 1.82) is 0 Å². The number of amides is 2. The number of hydrogen-bond acceptors (Lipinski definition) is 3. The number of aromatic nitrogens is 2. The maximum absolute atomic E-state index is 10.9. The van der Waals surface area contributed by atoms with E-state index in [-0.39, 0.29) is 0 Å². The number of urea groups is 1. The lowest BCUT2D eigenvalue weighted by atomic mass is 10.7. The molecule has 0 aliphatic carbocycles. The van der Waals surface area contributed by atoms with Gasteiger partial charge in [-0.05, 0) is 6.07 Å². The topological polar surface area (TPSA) is 92.9 Å². The number of H-pyrrole nitrogens is 1. The van der Waals surface area contributed by atoms with E-state index in [1.165, 1.54) is 12.3 Å². The SMILES string of the molecule is NC(=O)Nn1ccc(=S)[nH]c1=O. The van der Waals surface area contributed by atoms with Crippen LogP contribution in [0.25, 0.3) is 0 Å². The van der Waals surface area contributed by atoms with E-state index in [0.29, 0.717) is 4.64 Å². The second kappa shape index (κ2) is 3.18. The summed E-state index contributed by atoms with van der Waals surface area (Å²) in [5.74, 6) is 0. The molecule has 0 radical (unpaired) electrons. The van der Waals surface area contributed by atoms with Gasteiger partial charge in [-0.1, -0.05) is 12.2 Å². The van der Waals surface area contributed by atoms with Crippen molar-refractivity contribution in [2.24, 2.45) is 5.73 Å². The quantitative estimate of drug-likeness (QED) is 0.517. The fourth-order valence-electron chi connectivity index (χ4n) is 0.624. The average Bonchev–Trinajstić information content (AvgIpc) is 1.94. The van der Waals surface area contributed by atoms with Crippen LogP contribution >= 0.6 is 12.2 Å². The second-order valence-electron chi connectivity index (χ2n) is 1.96. The molecular weight excluding hydrogens is 180 g/mol. The van der Waals surface area contributed by atoms with Crippen molar-refractivity contribution in [3.63, 3.8) is 0 Å². The van der Waals surface area contributed by atoms with Gasteiger partial charge in [-0.15, -0.1) is 0 Å². The third kappa shape index (κ3) is 1.92. The number of carbonyl (C=O) groups excluding carboxylic acids is 1. The van der Waals surface area contributed by atoms with Gasteiger partial charge in [0.2, 0.25) is 0 Å². The summed E-state index contributed by atoms with van der Waals surface area (Å²) in [6, 6.07) is 0.634. The number of nitrogens with zero attached hydrogens (tertiary/aromatic N) is 1. The second-order valence-corrected chi connectivity index (χ2v) is 2.40. The minimum Gasteiger partial charge on any atom is -0.350 e. The van der Waals surface area contributed by atoms with Crippen LogP contribution in [0.4, 0.5) is 4.79 Å². The van der Waals surface area contributed by atoms with Crippen molar-refractivity contribution in [1.82, 2.24) is 9.66 Å². The van der Waals surface area contributed by atoms with Crippen LogP contribution in [0, 0.1) is 4.64 Å². The Morgan fingerprint density at radius 1 is 1.75 bits per heavy atom. The van der Waals surface area contributed by atoms with E-state index in [4.69, 9.17) is 5.73 Å². The summed E-state index contributed by atoms with van der Waals surface area (Å²) < 4.78 is 1.19. The van der Waals surface area contributed by atoms with Crippen LogP contribution in [0.3, 0.4) is 0 Å². The molecule has 0 aliphatic heterocycles. The molecule has 7 heteroatoms. The van der Waals surface area contributed by atoms with Gasteiger partial charge in [0, 0.05) is 6.20 Å². The largest absolute Gasteiger partial charge is 0.350 e. The van der Waals surface area contributed by atoms with Crippen molar-refractivity contribution in [3.8, 4) is 0 Å². The predicted molar refractivity (Wildman–Crippen MR) is 44.8 cm³/mol. The van der Waals surface area contributed by atoms with E-state index in [9.17, 15) is 9.59 Å². The Hall–Kier alpha value is -1.63. The van der Waals surface area contributed by atoms with Gasteiger partial charge < -0.3 is 5.73 Å². The van der Waals surface area contributed by atoms with Crippen LogP contribution < -0.4 is 16.8 Å². The zero-order valence-electron chi connectivity index (χ0n) is 5.90. The number of carbonyl (C=O) groups is 1. The highest BCUT2D eigenvalue weighted by Crippen LogP contribution is 1.78. The molecule has 12 heavy (non-hydrogen) atoms. The summed E-state index contributed by atoms with van der Waals surface area (Å²) in [6.07, 6.45) is 1.31. The van der Waals surface area contributed by atoms with Crippen molar-refractivity contribution >= 4 is 18.2 Å². The molecule has 0 aliphatic rings. The highest BCUT2D eigenvalue weighted by atomic mass is 32.1. The van der Waals surface area contributed by atoms with Crippen LogP contribution in [-0.4, -0.2) is 15.7 Å². The summed E-state index contributed by atoms with van der Waals surface area (Å²) in [5, 5.41) is 0. The lowest BCUT2D eigenvalue weighted by Crippen LogP contribution is -2.36. The van der Waals surface area contributed by atoms with Gasteiger partial charge in [-0.3, -0.25) is 4.98 Å². The summed E-state index contributed by atoms with van der Waals surface area (Å²) in [4.78, 5) is 23.6. The Bertz CT molecular complexity index is 406. The third-order valence-corrected chi connectivity index (χ3v) is 1.29. The molecular formula is C5H6N4O2S. The maximum Gasteiger partial charge on any atom is 0.345 e. The lowest BCUT2D eigenvalue weighted by Gasteiger charge is -2.02. The van der Waals surface area contributed by atoms with Crippen molar-refractivity contribution in [3.05, 3.63) is 27.4 Å². The van der Waals surface area contributed by atoms with Crippen LogP contribution in [0.1, 0.15) is 0 Å². The zero-order valence-corrected chi connectivity index (χ0v) is 6.72. The highest BCUT2D eigenvalue weighted by molar-refractivity contribution is 7.71. The van der Waals surface area contributed by atoms with Crippen LogP contribution in [0.5, 0.6) is 0 Å². The first-order valence-electron chi connectivity index (χ1n) is 2.98. The molecule has 0 unspecified atom stereocenters. The van der Waals surface area contributed by atoms with Gasteiger partial charge in [-0.2, -0.15) is 0 Å². The molecule has 64 valence electrons. The summed E-state index contributed by atoms with van der Waals surface area (Å²) in [7, 11) is 0. The molecule has 0 aromatic carbocycles. The van der Waals surface area contributed by atoms with E-state index in [2.05, 4.69) is 22.6 Å². The van der Waals surface area contributed by atoms with Gasteiger partial charge in [0.05, 0.1) is 0 Å². The number of primary amides is 1. The lowest BCUT2D eigenvalue weighted by molar-refractivity contribution is 0.256. The summed E-state index contributed by atoms with van der Waals surface area (Å²) >= 11 is 4.66. The van der Waals surface area contributed by atoms with Gasteiger partial charge >= 0.3 is 11.7 Å². The molecule has 1 aromatic rings. The van der Waals surface area contributed by atoms with Gasteiger partial charge in [0.25, 0.3) is 0 Å². The van der Waals surface area contributed by atoms with E-state index in [0.717, 1.165) is 4.68 Å². The zero-order chi connectivity index (χ0) is 9.14. The fraction of sp³-hybridized carbons (Fsp3) is 0. The molecule has 0 saturated carbocycles. The van der Waals surface area contributed by atoms with E-state index in [1.54, 1.807) is 0 Å². The van der Waals surface area contributed by atoms with Crippen molar-refractivity contribution in [2.75, 3.05) is 5.43 Å². The number of nitrogens with one attached hydrogen (secondary N) is 2. The molecule has 1 heterocycles. The normalized spacial score (nSPS) is 9.33. The number of hydrogen-bond donors (Lipinski definition) is 3. The Labute approximate surface area is 72.0 Å². The summed E-state index contributed by atoms with van der Waals surface area (Å²) in [5.41, 5.74) is 6.31. The molecule has 2 amide bonds. The summed E-state index contributed by atoms with van der Waals surface area (Å²) in [6.45, 7) is 0. The molecule has 6 nitrogen and oxygen atoms in total. The van der Waals surface area contributed by atoms with Gasteiger partial charge in [0.15, 0.2) is 0 Å². The number of aromatic amines is 1. The first kappa shape index (κ1) is 8.47. The number of rotatable bonds is 1. The standard InChI is InChI=1S/C5H6N4O2S/c6-4(10)8-9-2-1-3(12)7-5(9)11/h1-2H,(H3,6,8,10)(H,7,11,12). The first-order valence-corrected chi connectivity index (χ1v) is 3.39. The molecule has 0 atom stereocenters. The smallest absolute Gasteiger partial charge is 0.345 e. The van der Waals surface area contributed by atoms with Crippen LogP contribution in [-0.2, 0) is 0 Å². The van der Waals surface area contributed by atoms with Crippen molar-refractivity contribution < 1.29 is 4.79 Å². The molecule has 0 fully saturated rings.